The van der Waals surface area contributed by atoms with Crippen molar-refractivity contribution in [3.8, 4) is 5.75 Å². The number of anilines is 1. The van der Waals surface area contributed by atoms with Gasteiger partial charge in [0.25, 0.3) is 5.56 Å². The fourth-order valence-corrected chi connectivity index (χ4v) is 6.88. The van der Waals surface area contributed by atoms with E-state index in [4.69, 9.17) is 18.9 Å². The Kier molecular flexibility index (Phi) is 8.23. The van der Waals surface area contributed by atoms with Crippen LogP contribution in [0.5, 0.6) is 5.75 Å². The second-order valence-electron chi connectivity index (χ2n) is 10.8. The van der Waals surface area contributed by atoms with Gasteiger partial charge in [0.2, 0.25) is 0 Å². The summed E-state index contributed by atoms with van der Waals surface area (Å²) in [5.74, 6) is 1.49. The second kappa shape index (κ2) is 12.2. The Balaban J connectivity index is 1.55. The third kappa shape index (κ3) is 5.41. The summed E-state index contributed by atoms with van der Waals surface area (Å²) in [6.07, 6.45) is 3.11. The van der Waals surface area contributed by atoms with Gasteiger partial charge in [0.1, 0.15) is 17.6 Å². The fourth-order valence-electron chi connectivity index (χ4n) is 5.88. The molecule has 1 saturated heterocycles. The number of thiazole rings is 1. The van der Waals surface area contributed by atoms with Gasteiger partial charge < -0.3 is 23.7 Å². The molecule has 9 nitrogen and oxygen atoms in total. The molecule has 0 bridgehead atoms. The van der Waals surface area contributed by atoms with Crippen molar-refractivity contribution in [2.24, 2.45) is 4.99 Å². The van der Waals surface area contributed by atoms with Crippen molar-refractivity contribution in [1.29, 1.82) is 0 Å². The molecule has 2 aliphatic heterocycles. The molecule has 1 unspecified atom stereocenters. The molecule has 0 spiro atoms. The Morgan fingerprint density at radius 3 is 2.63 bits per heavy atom. The van der Waals surface area contributed by atoms with Gasteiger partial charge in [0, 0.05) is 43.9 Å². The van der Waals surface area contributed by atoms with Crippen molar-refractivity contribution < 1.29 is 18.7 Å². The molecule has 4 aromatic rings. The van der Waals surface area contributed by atoms with Crippen LogP contribution in [0.25, 0.3) is 16.8 Å². The van der Waals surface area contributed by atoms with E-state index in [0.29, 0.717) is 38.5 Å². The average Bonchev–Trinajstić information content (AvgIpc) is 3.60. The van der Waals surface area contributed by atoms with Crippen LogP contribution < -0.4 is 24.5 Å². The highest BCUT2D eigenvalue weighted by Gasteiger charge is 2.37. The normalized spacial score (nSPS) is 17.7. The number of likely N-dealkylation sites (N-methyl/N-ethyl adjacent to an activating group) is 1. The number of carbonyl (C=O) groups excluding carboxylic acids is 1. The first-order chi connectivity index (χ1) is 20.9. The van der Waals surface area contributed by atoms with Crippen molar-refractivity contribution in [1.82, 2.24) is 9.47 Å². The number of nitrogens with zero attached hydrogens (tertiary/aromatic N) is 4. The van der Waals surface area contributed by atoms with Gasteiger partial charge >= 0.3 is 5.97 Å². The smallest absolute Gasteiger partial charge is 0.338 e. The zero-order chi connectivity index (χ0) is 30.1. The van der Waals surface area contributed by atoms with E-state index >= 15 is 0 Å². The van der Waals surface area contributed by atoms with Gasteiger partial charge in [-0.2, -0.15) is 0 Å². The highest BCUT2D eigenvalue weighted by Crippen LogP contribution is 2.41. The van der Waals surface area contributed by atoms with Crippen molar-refractivity contribution >= 4 is 40.0 Å². The summed E-state index contributed by atoms with van der Waals surface area (Å²) in [5.41, 5.74) is 1.48. The maximum Gasteiger partial charge on any atom is 0.338 e. The number of benzene rings is 2. The van der Waals surface area contributed by atoms with Gasteiger partial charge in [-0.3, -0.25) is 9.36 Å². The summed E-state index contributed by atoms with van der Waals surface area (Å²) in [6.45, 7) is 7.73. The summed E-state index contributed by atoms with van der Waals surface area (Å²) in [7, 11) is 3.72. The number of allylic oxidation sites excluding steroid dienone is 1. The van der Waals surface area contributed by atoms with Gasteiger partial charge in [-0.25, -0.2) is 9.79 Å². The van der Waals surface area contributed by atoms with Crippen LogP contribution in [0, 0.1) is 0 Å². The molecule has 0 saturated carbocycles. The second-order valence-corrected chi connectivity index (χ2v) is 11.8. The van der Waals surface area contributed by atoms with Gasteiger partial charge in [0.15, 0.2) is 10.7 Å². The molecule has 0 aliphatic carbocycles. The molecule has 0 radical (unpaired) electrons. The summed E-state index contributed by atoms with van der Waals surface area (Å²) in [5, 5.41) is 1.87. The van der Waals surface area contributed by atoms with E-state index in [1.807, 2.05) is 55.5 Å². The average molecular weight is 601 g/mol. The minimum Gasteiger partial charge on any atom is -0.496 e. The number of carbonyl (C=O) groups is 1. The van der Waals surface area contributed by atoms with E-state index in [2.05, 4.69) is 16.8 Å². The number of piperazine rings is 1. The molecule has 2 aliphatic rings. The van der Waals surface area contributed by atoms with Crippen LogP contribution in [0.3, 0.4) is 0 Å². The standard InChI is InChI=1S/C33H36N4O5S/c1-5-9-24-29(32(39)41-6-2)30(28-23-11-8-7-10-21(23)12-14-25(28)40-4)37-31(38)26(43-33(37)34-24)20-22-13-15-27(42-22)36-18-16-35(3)17-19-36/h7-8,10-15,20,30H,5-6,9,16-19H2,1-4H3. The molecule has 10 heteroatoms. The molecular weight excluding hydrogens is 564 g/mol. The first-order valence-electron chi connectivity index (χ1n) is 14.7. The Bertz CT molecular complexity index is 1880. The van der Waals surface area contributed by atoms with Crippen LogP contribution in [0.4, 0.5) is 5.88 Å². The minimum absolute atomic E-state index is 0.208. The van der Waals surface area contributed by atoms with E-state index in [-0.39, 0.29) is 12.2 Å². The lowest BCUT2D eigenvalue weighted by molar-refractivity contribution is -0.139. The number of ether oxygens (including phenoxy) is 2. The van der Waals surface area contributed by atoms with E-state index in [1.165, 1.54) is 11.3 Å². The molecule has 0 N–H and O–H groups in total. The monoisotopic (exact) mass is 600 g/mol. The molecule has 43 heavy (non-hydrogen) atoms. The molecule has 2 aromatic carbocycles. The summed E-state index contributed by atoms with van der Waals surface area (Å²) >= 11 is 1.30. The van der Waals surface area contributed by atoms with Crippen molar-refractivity contribution in [2.45, 2.75) is 32.7 Å². The zero-order valence-electron chi connectivity index (χ0n) is 25.0. The Morgan fingerprint density at radius 1 is 1.09 bits per heavy atom. The molecule has 1 fully saturated rings. The number of methoxy groups -OCH3 is 1. The number of fused-ring (bicyclic) bond motifs is 2. The van der Waals surface area contributed by atoms with E-state index in [1.54, 1.807) is 24.7 Å². The lowest BCUT2D eigenvalue weighted by atomic mass is 9.90. The molecule has 6 rings (SSSR count). The maximum absolute atomic E-state index is 14.3. The third-order valence-electron chi connectivity index (χ3n) is 8.02. The lowest BCUT2D eigenvalue weighted by Crippen LogP contribution is -2.44. The number of rotatable bonds is 8. The lowest BCUT2D eigenvalue weighted by Gasteiger charge is -2.32. The van der Waals surface area contributed by atoms with Crippen LogP contribution in [0.15, 0.2) is 74.0 Å². The molecule has 0 amide bonds. The van der Waals surface area contributed by atoms with Crippen molar-refractivity contribution in [2.75, 3.05) is 51.8 Å². The minimum atomic E-state index is -0.780. The first-order valence-corrected chi connectivity index (χ1v) is 15.6. The first kappa shape index (κ1) is 28.9. The predicted molar refractivity (Wildman–Crippen MR) is 169 cm³/mol. The van der Waals surface area contributed by atoms with Crippen LogP contribution in [-0.2, 0) is 9.53 Å². The van der Waals surface area contributed by atoms with Crippen LogP contribution in [-0.4, -0.2) is 62.4 Å². The van der Waals surface area contributed by atoms with E-state index in [9.17, 15) is 9.59 Å². The third-order valence-corrected chi connectivity index (χ3v) is 9.00. The van der Waals surface area contributed by atoms with Crippen molar-refractivity contribution in [3.63, 3.8) is 0 Å². The summed E-state index contributed by atoms with van der Waals surface area (Å²) in [4.78, 5) is 37.9. The Labute approximate surface area is 254 Å². The zero-order valence-corrected chi connectivity index (χ0v) is 25.8. The van der Waals surface area contributed by atoms with Gasteiger partial charge in [-0.05, 0) is 43.3 Å². The van der Waals surface area contributed by atoms with E-state index < -0.39 is 12.0 Å². The van der Waals surface area contributed by atoms with Crippen LogP contribution >= 0.6 is 11.3 Å². The molecule has 4 heterocycles. The molecular formula is C33H36N4O5S. The SMILES string of the molecule is CCCC1=C(C(=O)OCC)C(c2c(OC)ccc3ccccc23)n2c(sc(=Cc3ccc(N4CCN(C)CC4)o3)c2=O)=N1. The molecule has 224 valence electrons. The topological polar surface area (TPSA) is 89.5 Å². The predicted octanol–water partition coefficient (Wildman–Crippen LogP) is 4.09. The highest BCUT2D eigenvalue weighted by atomic mass is 32.1. The number of esters is 1. The van der Waals surface area contributed by atoms with Gasteiger partial charge in [-0.15, -0.1) is 0 Å². The maximum atomic E-state index is 14.3. The highest BCUT2D eigenvalue weighted by molar-refractivity contribution is 7.07. The number of hydrogen-bond donors (Lipinski definition) is 0. The Hall–Kier alpha value is -4.15. The van der Waals surface area contributed by atoms with Crippen LogP contribution in [0.1, 0.15) is 44.1 Å². The summed E-state index contributed by atoms with van der Waals surface area (Å²) in [6, 6.07) is 14.9. The number of hydrogen-bond acceptors (Lipinski definition) is 9. The van der Waals surface area contributed by atoms with Crippen molar-refractivity contribution in [3.05, 3.63) is 90.8 Å². The number of furan rings is 1. The van der Waals surface area contributed by atoms with Gasteiger partial charge in [-0.1, -0.05) is 55.0 Å². The van der Waals surface area contributed by atoms with Crippen LogP contribution in [0.2, 0.25) is 0 Å². The molecule has 1 atom stereocenters. The largest absolute Gasteiger partial charge is 0.496 e. The summed E-state index contributed by atoms with van der Waals surface area (Å²) < 4.78 is 19.7. The molecule has 2 aromatic heterocycles. The Morgan fingerprint density at radius 2 is 1.88 bits per heavy atom. The fraction of sp³-hybridized carbons (Fsp3) is 0.364. The quantitative estimate of drug-likeness (QED) is 0.282. The van der Waals surface area contributed by atoms with Gasteiger partial charge in [0.05, 0.1) is 29.5 Å². The van der Waals surface area contributed by atoms with E-state index in [0.717, 1.165) is 54.8 Å². The number of aromatic nitrogens is 1.